The average Bonchev–Trinajstić information content (AvgIpc) is 3.72. The van der Waals surface area contributed by atoms with Crippen LogP contribution in [0.25, 0.3) is 21.3 Å². The molecule has 0 amide bonds. The van der Waals surface area contributed by atoms with Gasteiger partial charge in [0.2, 0.25) is 0 Å². The molecule has 9 aliphatic heterocycles. The topological polar surface area (TPSA) is 128 Å². The molecule has 0 saturated carbocycles. The molecule has 0 spiro atoms. The number of ether oxygens (including phenoxy) is 1. The summed E-state index contributed by atoms with van der Waals surface area (Å²) in [5.74, 6) is 3.96. The zero-order valence-corrected chi connectivity index (χ0v) is 26.7. The molecule has 0 radical (unpaired) electrons. The van der Waals surface area contributed by atoms with E-state index in [0.717, 1.165) is 142 Å². The zero-order valence-electron chi connectivity index (χ0n) is 22.7. The van der Waals surface area contributed by atoms with Crippen LogP contribution in [-0.4, -0.2) is 161 Å². The third-order valence-electron chi connectivity index (χ3n) is 6.94. The number of guanidine groups is 4. The molecule has 9 heterocycles. The van der Waals surface area contributed by atoms with Crippen LogP contribution >= 0.6 is 0 Å². The van der Waals surface area contributed by atoms with E-state index < -0.39 is 0 Å². The van der Waals surface area contributed by atoms with E-state index in [1.54, 1.807) is 0 Å². The quantitative estimate of drug-likeness (QED) is 0.348. The Morgan fingerprint density at radius 3 is 0.923 bits per heavy atom. The largest absolute Gasteiger partial charge is 2.00 e. The Morgan fingerprint density at radius 2 is 0.718 bits per heavy atom. The van der Waals surface area contributed by atoms with E-state index in [9.17, 15) is 0 Å². The van der Waals surface area contributed by atoms with E-state index in [2.05, 4.69) is 60.8 Å². The fourth-order valence-electron chi connectivity index (χ4n) is 4.92. The minimum atomic E-state index is 0. The van der Waals surface area contributed by atoms with Gasteiger partial charge in [0.05, 0.1) is 0 Å². The van der Waals surface area contributed by atoms with Crippen LogP contribution in [0.1, 0.15) is 12.8 Å². The maximum Gasteiger partial charge on any atom is 2.00 e. The molecule has 13 nitrogen and oxygen atoms in total. The summed E-state index contributed by atoms with van der Waals surface area (Å²) in [6.07, 6.45) is 2.56. The van der Waals surface area contributed by atoms with Crippen LogP contribution in [0, 0.1) is 0 Å². The number of hydrogen-bond acceptors (Lipinski definition) is 9. The van der Waals surface area contributed by atoms with Crippen molar-refractivity contribution in [3.63, 3.8) is 0 Å². The zero-order chi connectivity index (χ0) is 25.1. The predicted octanol–water partition coefficient (Wildman–Crippen LogP) is 0.973. The molecular weight excluding hydrogens is 664 g/mol. The monoisotopic (exact) mass is 708 g/mol. The molecule has 214 valence electrons. The Balaban J connectivity index is 0.000000134. The van der Waals surface area contributed by atoms with Gasteiger partial charge in [0.25, 0.3) is 0 Å². The number of aliphatic imine (C=N–C) groups is 4. The number of rotatable bonds is 0. The van der Waals surface area contributed by atoms with Gasteiger partial charge in [-0.1, -0.05) is 0 Å². The third-order valence-corrected chi connectivity index (χ3v) is 6.94. The molecule has 0 N–H and O–H groups in total. The SMILES string of the molecule is C1CCOC1.C1CN2CC[N-]C2=N1.C1CN2CC[N-]C2=N1.C1CN2CC[N-]C2=N1.C1CN2CC[N-]C2=N1.[Mo+2].[Mo+2]. The molecule has 39 heavy (non-hydrogen) atoms. The van der Waals surface area contributed by atoms with Crippen molar-refractivity contribution in [2.24, 2.45) is 20.0 Å². The summed E-state index contributed by atoms with van der Waals surface area (Å²) >= 11 is 0. The first-order valence-electron chi connectivity index (χ1n) is 13.8. The van der Waals surface area contributed by atoms with Crippen LogP contribution in [-0.2, 0) is 46.9 Å². The van der Waals surface area contributed by atoms with E-state index in [4.69, 9.17) is 4.74 Å². The number of nitrogens with zero attached hydrogens (tertiary/aromatic N) is 12. The maximum absolute atomic E-state index is 4.94. The van der Waals surface area contributed by atoms with E-state index in [1.807, 2.05) is 0 Å². The molecule has 9 aliphatic rings. The van der Waals surface area contributed by atoms with Gasteiger partial charge >= 0.3 is 42.1 Å². The third kappa shape index (κ3) is 9.49. The molecule has 0 unspecified atom stereocenters. The number of hydrogen-bond donors (Lipinski definition) is 0. The van der Waals surface area contributed by atoms with Crippen LogP contribution < -0.4 is 0 Å². The van der Waals surface area contributed by atoms with E-state index in [0.29, 0.717) is 0 Å². The molecule has 0 bridgehead atoms. The molecule has 0 atom stereocenters. The minimum absolute atomic E-state index is 0. The summed E-state index contributed by atoms with van der Waals surface area (Å²) in [5.41, 5.74) is 0. The van der Waals surface area contributed by atoms with Crippen molar-refractivity contribution in [2.75, 3.05) is 118 Å². The average molecular weight is 705 g/mol. The molecule has 0 aromatic rings. The van der Waals surface area contributed by atoms with Crippen LogP contribution in [0.3, 0.4) is 0 Å². The fraction of sp³-hybridized carbons (Fsp3) is 0.833. The van der Waals surface area contributed by atoms with Crippen molar-refractivity contribution >= 4 is 23.8 Å². The second-order valence-corrected chi connectivity index (χ2v) is 9.52. The molecule has 5 saturated heterocycles. The first-order valence-corrected chi connectivity index (χ1v) is 13.8. The van der Waals surface area contributed by atoms with Crippen molar-refractivity contribution in [3.8, 4) is 0 Å². The predicted molar refractivity (Wildman–Crippen MR) is 148 cm³/mol. The van der Waals surface area contributed by atoms with Crippen LogP contribution in [0.2, 0.25) is 0 Å². The smallest absolute Gasteiger partial charge is 0.425 e. The first-order chi connectivity index (χ1) is 18.4. The summed E-state index contributed by atoms with van der Waals surface area (Å²) in [7, 11) is 0. The maximum atomic E-state index is 4.94. The van der Waals surface area contributed by atoms with Gasteiger partial charge in [-0.2, -0.15) is 0 Å². The van der Waals surface area contributed by atoms with Gasteiger partial charge < -0.3 is 65.6 Å². The van der Waals surface area contributed by atoms with E-state index in [1.165, 1.54) is 12.8 Å². The molecule has 0 aromatic carbocycles. The van der Waals surface area contributed by atoms with Gasteiger partial charge in [-0.15, -0.1) is 0 Å². The molecular formula is C24H40Mo2N12O. The van der Waals surface area contributed by atoms with Crippen molar-refractivity contribution in [1.82, 2.24) is 19.6 Å². The van der Waals surface area contributed by atoms with Gasteiger partial charge in [0.1, 0.15) is 0 Å². The minimum Gasteiger partial charge on any atom is -0.425 e. The van der Waals surface area contributed by atoms with Crippen molar-refractivity contribution in [3.05, 3.63) is 21.3 Å². The fourth-order valence-corrected chi connectivity index (χ4v) is 4.92. The van der Waals surface area contributed by atoms with Crippen LogP contribution in [0.15, 0.2) is 20.0 Å². The van der Waals surface area contributed by atoms with E-state index in [-0.39, 0.29) is 42.1 Å². The second-order valence-electron chi connectivity index (χ2n) is 9.52. The molecule has 15 heteroatoms. The number of fused-ring (bicyclic) bond motifs is 4. The van der Waals surface area contributed by atoms with Gasteiger partial charge in [0, 0.05) is 37.1 Å². The van der Waals surface area contributed by atoms with Crippen molar-refractivity contribution in [2.45, 2.75) is 12.8 Å². The van der Waals surface area contributed by atoms with Gasteiger partial charge in [-0.05, 0) is 118 Å². The second kappa shape index (κ2) is 17.3. The first kappa shape index (κ1) is 31.9. The van der Waals surface area contributed by atoms with Gasteiger partial charge in [0.15, 0.2) is 0 Å². The van der Waals surface area contributed by atoms with Gasteiger partial charge in [-0.3, -0.25) is 0 Å². The van der Waals surface area contributed by atoms with Crippen molar-refractivity contribution in [1.29, 1.82) is 0 Å². The van der Waals surface area contributed by atoms with E-state index >= 15 is 0 Å². The normalized spacial score (nSPS) is 23.6. The molecule has 9 rings (SSSR count). The summed E-state index contributed by atoms with van der Waals surface area (Å²) in [5, 5.41) is 16.7. The standard InChI is InChI=1S/4C5H8N3.C4H8O.2Mo/c4*1-3-8-4-2-7-5(8)6-1;1-2-4-5-3-1;;/h4*1-4H2;1-4H2;;/q4*-1;;2*+2. The Bertz CT molecular complexity index is 730. The summed E-state index contributed by atoms with van der Waals surface area (Å²) < 4.78 is 4.94. The van der Waals surface area contributed by atoms with Crippen molar-refractivity contribution < 1.29 is 46.9 Å². The molecule has 5 fully saturated rings. The Morgan fingerprint density at radius 1 is 0.436 bits per heavy atom. The summed E-state index contributed by atoms with van der Waals surface area (Å²) in [4.78, 5) is 25.6. The molecule has 0 aliphatic carbocycles. The Hall–Kier alpha value is -1.58. The Kier molecular flexibility index (Phi) is 14.1. The van der Waals surface area contributed by atoms with Gasteiger partial charge in [-0.25, -0.2) is 0 Å². The Labute approximate surface area is 261 Å². The van der Waals surface area contributed by atoms with Crippen LogP contribution in [0.4, 0.5) is 0 Å². The summed E-state index contributed by atoms with van der Waals surface area (Å²) in [6.45, 7) is 18.4. The van der Waals surface area contributed by atoms with Crippen LogP contribution in [0.5, 0.6) is 0 Å². The molecule has 0 aromatic heterocycles. The summed E-state index contributed by atoms with van der Waals surface area (Å²) in [6, 6.07) is 0.